The Kier molecular flexibility index (Phi) is 5.77. The van der Waals surface area contributed by atoms with Crippen LogP contribution in [0, 0.1) is 6.92 Å². The van der Waals surface area contributed by atoms with Crippen molar-refractivity contribution in [3.8, 4) is 0 Å². The summed E-state index contributed by atoms with van der Waals surface area (Å²) in [6.07, 6.45) is 0. The summed E-state index contributed by atoms with van der Waals surface area (Å²) in [6, 6.07) is 10.9. The summed E-state index contributed by atoms with van der Waals surface area (Å²) in [5.41, 5.74) is 1.67. The average Bonchev–Trinajstić information content (AvgIpc) is 2.43. The summed E-state index contributed by atoms with van der Waals surface area (Å²) in [4.78, 5) is 18.1. The second-order valence-corrected chi connectivity index (χ2v) is 5.90. The van der Waals surface area contributed by atoms with E-state index in [0.29, 0.717) is 22.4 Å². The first-order valence-electron chi connectivity index (χ1n) is 6.80. The molecule has 0 spiro atoms. The molecule has 0 aliphatic rings. The molecule has 0 saturated carbocycles. The summed E-state index contributed by atoms with van der Waals surface area (Å²) in [6.45, 7) is 2.59. The molecule has 0 unspecified atom stereocenters. The fourth-order valence-corrected chi connectivity index (χ4v) is 2.57. The van der Waals surface area contributed by atoms with E-state index in [0.717, 1.165) is 11.3 Å². The number of nitrogens with one attached hydrogen (secondary N) is 1. The number of hydrogen-bond acceptors (Lipinski definition) is 3. The topological polar surface area (TPSA) is 45.2 Å². The number of amides is 1. The van der Waals surface area contributed by atoms with Crippen LogP contribution in [0.4, 0.5) is 5.82 Å². The van der Waals surface area contributed by atoms with Crippen LogP contribution >= 0.6 is 23.2 Å². The van der Waals surface area contributed by atoms with Crippen LogP contribution in [0.2, 0.25) is 10.0 Å². The summed E-state index contributed by atoms with van der Waals surface area (Å²) in [5.74, 6) is 0.415. The van der Waals surface area contributed by atoms with Crippen molar-refractivity contribution < 1.29 is 4.79 Å². The van der Waals surface area contributed by atoms with E-state index >= 15 is 0 Å². The van der Waals surface area contributed by atoms with Crippen molar-refractivity contribution in [3.05, 3.63) is 57.7 Å². The molecule has 2 rings (SSSR count). The second kappa shape index (κ2) is 7.58. The van der Waals surface area contributed by atoms with Gasteiger partial charge in [0.05, 0.1) is 6.54 Å². The Morgan fingerprint density at radius 1 is 1.18 bits per heavy atom. The largest absolute Gasteiger partial charge is 0.310 e. The number of halogens is 2. The highest BCUT2D eigenvalue weighted by atomic mass is 35.5. The molecule has 1 N–H and O–H groups in total. The highest BCUT2D eigenvalue weighted by molar-refractivity contribution is 6.35. The Morgan fingerprint density at radius 3 is 2.45 bits per heavy atom. The smallest absolute Gasteiger partial charge is 0.239 e. The molecule has 0 radical (unpaired) electrons. The Hall–Kier alpha value is -1.62. The van der Waals surface area contributed by atoms with Crippen molar-refractivity contribution >= 4 is 34.9 Å². The fraction of sp³-hybridized carbons (Fsp3) is 0.250. The molecule has 1 aromatic carbocycles. The zero-order valence-electron chi connectivity index (χ0n) is 12.4. The molecule has 0 saturated heterocycles. The molecule has 1 heterocycles. The number of anilines is 1. The van der Waals surface area contributed by atoms with Gasteiger partial charge in [-0.3, -0.25) is 9.69 Å². The molecule has 4 nitrogen and oxygen atoms in total. The van der Waals surface area contributed by atoms with Gasteiger partial charge in [-0.25, -0.2) is 4.98 Å². The zero-order chi connectivity index (χ0) is 16.1. The first kappa shape index (κ1) is 16.7. The third-order valence-corrected chi connectivity index (χ3v) is 3.77. The van der Waals surface area contributed by atoms with Crippen molar-refractivity contribution in [2.75, 3.05) is 18.9 Å². The minimum atomic E-state index is -0.135. The highest BCUT2D eigenvalue weighted by Gasteiger charge is 2.12. The molecule has 1 aromatic heterocycles. The minimum absolute atomic E-state index is 0.135. The van der Waals surface area contributed by atoms with Gasteiger partial charge < -0.3 is 5.32 Å². The number of likely N-dealkylation sites (N-methyl/N-ethyl adjacent to an activating group) is 1. The van der Waals surface area contributed by atoms with E-state index in [4.69, 9.17) is 23.2 Å². The molecule has 0 aliphatic heterocycles. The zero-order valence-corrected chi connectivity index (χ0v) is 13.9. The highest BCUT2D eigenvalue weighted by Crippen LogP contribution is 2.25. The summed E-state index contributed by atoms with van der Waals surface area (Å²) in [5, 5.41) is 3.97. The van der Waals surface area contributed by atoms with Gasteiger partial charge in [-0.05, 0) is 38.2 Å². The molecule has 0 bridgehead atoms. The lowest BCUT2D eigenvalue weighted by atomic mass is 10.2. The van der Waals surface area contributed by atoms with E-state index in [1.54, 1.807) is 24.3 Å². The van der Waals surface area contributed by atoms with Crippen LogP contribution in [-0.2, 0) is 11.3 Å². The number of pyridine rings is 1. The Labute approximate surface area is 140 Å². The van der Waals surface area contributed by atoms with Crippen molar-refractivity contribution in [1.82, 2.24) is 9.88 Å². The predicted molar refractivity (Wildman–Crippen MR) is 90.4 cm³/mol. The first-order chi connectivity index (χ1) is 10.5. The molecular weight excluding hydrogens is 321 g/mol. The van der Waals surface area contributed by atoms with E-state index in [2.05, 4.69) is 10.3 Å². The van der Waals surface area contributed by atoms with Gasteiger partial charge in [0.1, 0.15) is 5.82 Å². The Balaban J connectivity index is 1.94. The van der Waals surface area contributed by atoms with Crippen LogP contribution < -0.4 is 5.32 Å². The van der Waals surface area contributed by atoms with E-state index in [1.165, 1.54) is 0 Å². The Morgan fingerprint density at radius 2 is 1.82 bits per heavy atom. The SMILES string of the molecule is Cc1cccc(NC(=O)CN(C)Cc2c(Cl)cccc2Cl)n1. The van der Waals surface area contributed by atoms with Gasteiger partial charge >= 0.3 is 0 Å². The lowest BCUT2D eigenvalue weighted by Gasteiger charge is -2.18. The van der Waals surface area contributed by atoms with Crippen LogP contribution in [0.1, 0.15) is 11.3 Å². The van der Waals surface area contributed by atoms with Gasteiger partial charge in [-0.1, -0.05) is 35.3 Å². The molecule has 6 heteroatoms. The number of hydrogen-bond donors (Lipinski definition) is 1. The van der Waals surface area contributed by atoms with E-state index in [-0.39, 0.29) is 12.5 Å². The average molecular weight is 338 g/mol. The van der Waals surface area contributed by atoms with Crippen molar-refractivity contribution in [2.24, 2.45) is 0 Å². The van der Waals surface area contributed by atoms with Crippen LogP contribution in [0.25, 0.3) is 0 Å². The van der Waals surface area contributed by atoms with Gasteiger partial charge in [-0.2, -0.15) is 0 Å². The number of carbonyl (C=O) groups is 1. The predicted octanol–water partition coefficient (Wildman–Crippen LogP) is 3.77. The third-order valence-electron chi connectivity index (χ3n) is 3.06. The standard InChI is InChI=1S/C16H17Cl2N3O/c1-11-5-3-8-15(19-11)20-16(22)10-21(2)9-12-13(17)6-4-7-14(12)18/h3-8H,9-10H2,1-2H3,(H,19,20,22). The maximum atomic E-state index is 12.0. The number of aryl methyl sites for hydroxylation is 1. The van der Waals surface area contributed by atoms with Gasteiger partial charge in [0.25, 0.3) is 0 Å². The van der Waals surface area contributed by atoms with E-state index < -0.39 is 0 Å². The quantitative estimate of drug-likeness (QED) is 0.903. The monoisotopic (exact) mass is 337 g/mol. The maximum Gasteiger partial charge on any atom is 0.239 e. The number of benzene rings is 1. The van der Waals surface area contributed by atoms with E-state index in [1.807, 2.05) is 31.0 Å². The van der Waals surface area contributed by atoms with Gasteiger partial charge in [0.2, 0.25) is 5.91 Å². The minimum Gasteiger partial charge on any atom is -0.310 e. The summed E-state index contributed by atoms with van der Waals surface area (Å²) < 4.78 is 0. The Bertz CT molecular complexity index is 656. The second-order valence-electron chi connectivity index (χ2n) is 5.08. The van der Waals surface area contributed by atoms with Crippen molar-refractivity contribution in [1.29, 1.82) is 0 Å². The lowest BCUT2D eigenvalue weighted by molar-refractivity contribution is -0.117. The maximum absolute atomic E-state index is 12.0. The van der Waals surface area contributed by atoms with Crippen LogP contribution in [0.15, 0.2) is 36.4 Å². The van der Waals surface area contributed by atoms with Gasteiger partial charge in [-0.15, -0.1) is 0 Å². The van der Waals surface area contributed by atoms with Crippen LogP contribution in [0.5, 0.6) is 0 Å². The molecule has 0 aliphatic carbocycles. The van der Waals surface area contributed by atoms with E-state index in [9.17, 15) is 4.79 Å². The third kappa shape index (κ3) is 4.70. The molecule has 0 atom stereocenters. The fourth-order valence-electron chi connectivity index (χ4n) is 2.05. The molecule has 22 heavy (non-hydrogen) atoms. The normalized spacial score (nSPS) is 10.8. The number of aromatic nitrogens is 1. The van der Waals surface area contributed by atoms with Gasteiger partial charge in [0.15, 0.2) is 0 Å². The molecular formula is C16H17Cl2N3O. The lowest BCUT2D eigenvalue weighted by Crippen LogP contribution is -2.30. The molecule has 0 fully saturated rings. The number of nitrogens with zero attached hydrogens (tertiary/aromatic N) is 2. The van der Waals surface area contributed by atoms with Crippen LogP contribution in [-0.4, -0.2) is 29.4 Å². The molecule has 116 valence electrons. The first-order valence-corrected chi connectivity index (χ1v) is 7.56. The number of carbonyl (C=O) groups excluding carboxylic acids is 1. The van der Waals surface area contributed by atoms with Gasteiger partial charge in [0, 0.05) is 27.8 Å². The summed E-state index contributed by atoms with van der Waals surface area (Å²) in [7, 11) is 1.84. The van der Waals surface area contributed by atoms with Crippen LogP contribution in [0.3, 0.4) is 0 Å². The van der Waals surface area contributed by atoms with Crippen molar-refractivity contribution in [3.63, 3.8) is 0 Å². The van der Waals surface area contributed by atoms with Crippen molar-refractivity contribution in [2.45, 2.75) is 13.5 Å². The molecule has 1 amide bonds. The summed E-state index contributed by atoms with van der Waals surface area (Å²) >= 11 is 12.3. The molecule has 2 aromatic rings. The number of rotatable bonds is 5.